The van der Waals surface area contributed by atoms with Gasteiger partial charge in [-0.3, -0.25) is 9.59 Å². The van der Waals surface area contributed by atoms with Gasteiger partial charge in [0, 0.05) is 0 Å². The molecule has 1 fully saturated rings. The fourth-order valence-electron chi connectivity index (χ4n) is 3.97. The second-order valence-corrected chi connectivity index (χ2v) is 10.0. The van der Waals surface area contributed by atoms with Gasteiger partial charge in [-0.25, -0.2) is 12.8 Å². The monoisotopic (exact) mass is 448 g/mol. The molecule has 0 amide bonds. The Balaban J connectivity index is 1.88. The Morgan fingerprint density at radius 3 is 2.39 bits per heavy atom. The molecule has 31 heavy (non-hydrogen) atoms. The first kappa shape index (κ1) is 22.9. The summed E-state index contributed by atoms with van der Waals surface area (Å²) in [7, 11) is -2.72. The van der Waals surface area contributed by atoms with Gasteiger partial charge in [-0.05, 0) is 62.1 Å². The number of hydrogen-bond donors (Lipinski definition) is 0. The smallest absolute Gasteiger partial charge is 0.328 e. The molecule has 6 nitrogen and oxygen atoms in total. The molecule has 0 bridgehead atoms. The number of esters is 1. The van der Waals surface area contributed by atoms with Crippen LogP contribution >= 0.6 is 0 Å². The van der Waals surface area contributed by atoms with Gasteiger partial charge >= 0.3 is 5.97 Å². The average Bonchev–Trinajstić information content (AvgIpc) is 3.25. The second-order valence-electron chi connectivity index (χ2n) is 7.82. The zero-order valence-electron chi connectivity index (χ0n) is 17.7. The van der Waals surface area contributed by atoms with E-state index in [-0.39, 0.29) is 29.1 Å². The number of aryl methyl sites for hydroxylation is 2. The Kier molecular flexibility index (Phi) is 6.50. The van der Waals surface area contributed by atoms with Crippen LogP contribution in [0.3, 0.4) is 0 Å². The molecule has 166 valence electrons. The maximum absolute atomic E-state index is 13.6. The van der Waals surface area contributed by atoms with Crippen molar-refractivity contribution in [1.82, 2.24) is 0 Å². The molecule has 2 aromatic carbocycles. The van der Waals surface area contributed by atoms with Crippen molar-refractivity contribution in [2.24, 2.45) is 0 Å². The van der Waals surface area contributed by atoms with Crippen LogP contribution in [-0.2, 0) is 19.4 Å². The Morgan fingerprint density at radius 2 is 1.74 bits per heavy atom. The third kappa shape index (κ3) is 4.21. The molecule has 3 rings (SSSR count). The maximum Gasteiger partial charge on any atom is 0.328 e. The lowest BCUT2D eigenvalue weighted by atomic mass is 10.1. The van der Waals surface area contributed by atoms with Crippen LogP contribution in [0.5, 0.6) is 5.75 Å². The van der Waals surface area contributed by atoms with Gasteiger partial charge in [0.1, 0.15) is 11.6 Å². The summed E-state index contributed by atoms with van der Waals surface area (Å²) in [6.45, 7) is 2.76. The van der Waals surface area contributed by atoms with Crippen LogP contribution in [0.1, 0.15) is 47.2 Å². The topological polar surface area (TPSA) is 86.7 Å². The fourth-order valence-corrected chi connectivity index (χ4v) is 6.33. The summed E-state index contributed by atoms with van der Waals surface area (Å²) in [5, 5.41) is 0. The minimum atomic E-state index is -4.06. The lowest BCUT2D eigenvalue weighted by Crippen LogP contribution is -2.46. The van der Waals surface area contributed by atoms with Crippen molar-refractivity contribution in [2.75, 3.05) is 13.7 Å². The van der Waals surface area contributed by atoms with Crippen LogP contribution in [0.15, 0.2) is 41.3 Å². The summed E-state index contributed by atoms with van der Waals surface area (Å²) >= 11 is 0. The van der Waals surface area contributed by atoms with E-state index in [1.807, 2.05) is 0 Å². The molecule has 1 aliphatic rings. The third-order valence-corrected chi connectivity index (χ3v) is 8.35. The highest BCUT2D eigenvalue weighted by Gasteiger charge is 2.54. The molecule has 0 radical (unpaired) electrons. The highest BCUT2D eigenvalue weighted by Crippen LogP contribution is 2.42. The number of methoxy groups -OCH3 is 1. The minimum absolute atomic E-state index is 0.0758. The van der Waals surface area contributed by atoms with E-state index < -0.39 is 38.8 Å². The van der Waals surface area contributed by atoms with Gasteiger partial charge in [0.15, 0.2) is 21.2 Å². The van der Waals surface area contributed by atoms with Crippen LogP contribution < -0.4 is 4.74 Å². The largest absolute Gasteiger partial charge is 0.496 e. The first-order chi connectivity index (χ1) is 14.6. The van der Waals surface area contributed by atoms with Crippen molar-refractivity contribution in [3.63, 3.8) is 0 Å². The summed E-state index contributed by atoms with van der Waals surface area (Å²) in [5.74, 6) is -2.13. The predicted molar refractivity (Wildman–Crippen MR) is 113 cm³/mol. The predicted octanol–water partition coefficient (Wildman–Crippen LogP) is 3.96. The van der Waals surface area contributed by atoms with Crippen molar-refractivity contribution in [3.8, 4) is 5.75 Å². The molecule has 0 heterocycles. The van der Waals surface area contributed by atoms with Gasteiger partial charge in [0.25, 0.3) is 0 Å². The molecule has 0 N–H and O–H groups in total. The molecule has 0 aliphatic heterocycles. The van der Waals surface area contributed by atoms with E-state index in [0.29, 0.717) is 18.4 Å². The number of rotatable bonds is 7. The van der Waals surface area contributed by atoms with E-state index in [4.69, 9.17) is 9.47 Å². The Bertz CT molecular complexity index is 1120. The first-order valence-corrected chi connectivity index (χ1v) is 11.5. The summed E-state index contributed by atoms with van der Waals surface area (Å²) in [5.41, 5.74) is 1.23. The van der Waals surface area contributed by atoms with Crippen LogP contribution in [0.2, 0.25) is 0 Å². The van der Waals surface area contributed by atoms with Crippen LogP contribution in [-0.4, -0.2) is 38.6 Å². The van der Waals surface area contributed by atoms with Crippen molar-refractivity contribution < 1.29 is 31.9 Å². The lowest BCUT2D eigenvalue weighted by Gasteiger charge is -2.27. The molecule has 0 aromatic heterocycles. The van der Waals surface area contributed by atoms with Crippen LogP contribution in [0, 0.1) is 19.7 Å². The zero-order chi connectivity index (χ0) is 22.8. The van der Waals surface area contributed by atoms with E-state index in [1.165, 1.54) is 13.2 Å². The van der Waals surface area contributed by atoms with Gasteiger partial charge in [0.05, 0.1) is 17.6 Å². The molecule has 0 saturated heterocycles. The molecular formula is C23H25FO6S. The van der Waals surface area contributed by atoms with E-state index >= 15 is 0 Å². The van der Waals surface area contributed by atoms with E-state index in [0.717, 1.165) is 17.7 Å². The van der Waals surface area contributed by atoms with Gasteiger partial charge in [-0.1, -0.05) is 25.0 Å². The minimum Gasteiger partial charge on any atom is -0.496 e. The molecule has 1 saturated carbocycles. The third-order valence-electron chi connectivity index (χ3n) is 5.73. The van der Waals surface area contributed by atoms with E-state index in [9.17, 15) is 22.4 Å². The quantitative estimate of drug-likeness (QED) is 0.471. The molecule has 0 atom stereocenters. The van der Waals surface area contributed by atoms with Crippen molar-refractivity contribution in [3.05, 3.63) is 58.9 Å². The second kappa shape index (κ2) is 8.78. The zero-order valence-corrected chi connectivity index (χ0v) is 18.6. The highest BCUT2D eigenvalue weighted by molar-refractivity contribution is 7.93. The SMILES string of the molecule is COc1ccc(F)cc1C(=O)COC(=O)C1(S(=O)(=O)c2cc(C)ccc2C)CCCC1. The number of carbonyl (C=O) groups is 2. The highest BCUT2D eigenvalue weighted by atomic mass is 32.2. The lowest BCUT2D eigenvalue weighted by molar-refractivity contribution is -0.145. The maximum atomic E-state index is 13.6. The van der Waals surface area contributed by atoms with Crippen LogP contribution in [0.25, 0.3) is 0 Å². The summed E-state index contributed by atoms with van der Waals surface area (Å²) < 4.78 is 49.3. The number of hydrogen-bond acceptors (Lipinski definition) is 6. The van der Waals surface area contributed by atoms with Crippen LogP contribution in [0.4, 0.5) is 4.39 Å². The van der Waals surface area contributed by atoms with Gasteiger partial charge < -0.3 is 9.47 Å². The summed E-state index contributed by atoms with van der Waals surface area (Å²) in [6.07, 6.45) is 1.37. The van der Waals surface area contributed by atoms with E-state index in [1.54, 1.807) is 32.0 Å². The standard InChI is InChI=1S/C23H25FO6S/c1-15-6-7-16(2)21(12-15)31(27,28)23(10-4-5-11-23)22(26)30-14-19(25)18-13-17(24)8-9-20(18)29-3/h6-9,12-13H,4-5,10-11,14H2,1-3H3. The Hall–Kier alpha value is -2.74. The van der Waals surface area contributed by atoms with Crippen molar-refractivity contribution in [1.29, 1.82) is 0 Å². The Morgan fingerprint density at radius 1 is 1.06 bits per heavy atom. The number of halogens is 1. The number of carbonyl (C=O) groups excluding carboxylic acids is 2. The first-order valence-electron chi connectivity index (χ1n) is 9.98. The Labute approximate surface area is 181 Å². The molecule has 0 spiro atoms. The number of ether oxygens (including phenoxy) is 2. The average molecular weight is 449 g/mol. The summed E-state index contributed by atoms with van der Waals surface area (Å²) in [6, 6.07) is 8.50. The molecule has 1 aliphatic carbocycles. The molecule has 2 aromatic rings. The van der Waals surface area contributed by atoms with Gasteiger partial charge in [-0.2, -0.15) is 0 Å². The number of Topliss-reactive ketones (excluding diaryl/α,β-unsaturated/α-hetero) is 1. The van der Waals surface area contributed by atoms with E-state index in [2.05, 4.69) is 0 Å². The summed E-state index contributed by atoms with van der Waals surface area (Å²) in [4.78, 5) is 25.7. The number of benzene rings is 2. The van der Waals surface area contributed by atoms with Gasteiger partial charge in [-0.15, -0.1) is 0 Å². The fraction of sp³-hybridized carbons (Fsp3) is 0.391. The number of sulfone groups is 1. The normalized spacial score (nSPS) is 15.5. The number of ketones is 1. The van der Waals surface area contributed by atoms with Crippen molar-refractivity contribution >= 4 is 21.6 Å². The molecule has 8 heteroatoms. The molecule has 0 unspecified atom stereocenters. The van der Waals surface area contributed by atoms with Gasteiger partial charge in [0.2, 0.25) is 5.78 Å². The van der Waals surface area contributed by atoms with Crippen molar-refractivity contribution in [2.45, 2.75) is 49.2 Å². The molecular weight excluding hydrogens is 423 g/mol.